The highest BCUT2D eigenvalue weighted by molar-refractivity contribution is 5.84. The van der Waals surface area contributed by atoms with Gasteiger partial charge >= 0.3 is 6.09 Å². The van der Waals surface area contributed by atoms with Crippen LogP contribution < -0.4 is 5.32 Å². The molecule has 2 aromatic carbocycles. The molecule has 0 unspecified atom stereocenters. The molecule has 2 heterocycles. The quantitative estimate of drug-likeness (QED) is 0.443. The van der Waals surface area contributed by atoms with Crippen LogP contribution in [0.5, 0.6) is 0 Å². The van der Waals surface area contributed by atoms with Gasteiger partial charge in [-0.2, -0.15) is 0 Å². The summed E-state index contributed by atoms with van der Waals surface area (Å²) in [6.45, 7) is 8.38. The molecule has 2 aromatic rings. The van der Waals surface area contributed by atoms with Crippen molar-refractivity contribution in [2.45, 2.75) is 50.9 Å². The van der Waals surface area contributed by atoms with Crippen LogP contribution in [0.25, 0.3) is 0 Å². The predicted molar refractivity (Wildman–Crippen MR) is 141 cm³/mol. The first-order valence-electron chi connectivity index (χ1n) is 12.9. The molecule has 8 heteroatoms. The lowest BCUT2D eigenvalue weighted by Gasteiger charge is -2.43. The molecular weight excluding hydrogens is 472 g/mol. The van der Waals surface area contributed by atoms with Crippen LogP contribution in [0.1, 0.15) is 48.8 Å². The van der Waals surface area contributed by atoms with Gasteiger partial charge in [0, 0.05) is 36.9 Å². The number of carbonyl (C=O) groups excluding carboxylic acids is 1. The Morgan fingerprint density at radius 3 is 2.76 bits per heavy atom. The Kier molecular flexibility index (Phi) is 9.71. The fraction of sp³-hybridized carbons (Fsp3) is 0.483. The minimum atomic E-state index is -0.613. The molecule has 1 amide bonds. The number of likely N-dealkylation sites (tertiary alicyclic amines) is 1. The number of hydrogen-bond acceptors (Lipinski definition) is 7. The van der Waals surface area contributed by atoms with Crippen molar-refractivity contribution in [3.05, 3.63) is 77.9 Å². The molecule has 2 aliphatic rings. The molecule has 2 N–H and O–H groups in total. The maximum Gasteiger partial charge on any atom is 0.411 e. The summed E-state index contributed by atoms with van der Waals surface area (Å²) < 4.78 is 23.7. The number of amides is 1. The monoisotopic (exact) mass is 510 g/mol. The Morgan fingerprint density at radius 2 is 2.03 bits per heavy atom. The highest BCUT2D eigenvalue weighted by Gasteiger charge is 2.40. The van der Waals surface area contributed by atoms with E-state index in [1.807, 2.05) is 42.5 Å². The molecule has 5 atom stereocenters. The summed E-state index contributed by atoms with van der Waals surface area (Å²) in [5, 5.41) is 12.2. The molecule has 200 valence electrons. The average Bonchev–Trinajstić information content (AvgIpc) is 3.35. The first kappa shape index (κ1) is 27.3. The summed E-state index contributed by atoms with van der Waals surface area (Å²) in [7, 11) is 1.75. The summed E-state index contributed by atoms with van der Waals surface area (Å²) in [6.07, 6.45) is 2.35. The smallest absolute Gasteiger partial charge is 0.411 e. The van der Waals surface area contributed by atoms with Crippen LogP contribution in [-0.2, 0) is 25.6 Å². The fourth-order valence-electron chi connectivity index (χ4n) is 5.13. The normalized spacial score (nSPS) is 26.1. The molecule has 37 heavy (non-hydrogen) atoms. The molecule has 0 spiro atoms. The van der Waals surface area contributed by atoms with Gasteiger partial charge in [0.1, 0.15) is 6.61 Å². The van der Waals surface area contributed by atoms with Crippen molar-refractivity contribution < 1.29 is 28.8 Å². The van der Waals surface area contributed by atoms with E-state index < -0.39 is 12.4 Å². The van der Waals surface area contributed by atoms with Crippen molar-refractivity contribution in [1.82, 2.24) is 4.90 Å². The lowest BCUT2D eigenvalue weighted by atomic mass is 9.90. The van der Waals surface area contributed by atoms with E-state index in [1.54, 1.807) is 13.2 Å². The summed E-state index contributed by atoms with van der Waals surface area (Å²) in [4.78, 5) is 14.5. The van der Waals surface area contributed by atoms with E-state index in [0.29, 0.717) is 18.3 Å². The molecule has 0 aromatic heterocycles. The highest BCUT2D eigenvalue weighted by atomic mass is 16.7. The molecule has 2 fully saturated rings. The van der Waals surface area contributed by atoms with E-state index in [4.69, 9.17) is 18.9 Å². The number of aliphatic hydroxyl groups excluding tert-OH is 1. The second-order valence-corrected chi connectivity index (χ2v) is 9.71. The summed E-state index contributed by atoms with van der Waals surface area (Å²) in [5.74, 6) is 0.0928. The van der Waals surface area contributed by atoms with Crippen LogP contribution in [0.15, 0.2) is 61.2 Å². The molecule has 4 rings (SSSR count). The van der Waals surface area contributed by atoms with Crippen LogP contribution in [0.3, 0.4) is 0 Å². The van der Waals surface area contributed by atoms with Gasteiger partial charge in [-0.3, -0.25) is 10.2 Å². The van der Waals surface area contributed by atoms with Crippen molar-refractivity contribution in [3.63, 3.8) is 0 Å². The van der Waals surface area contributed by atoms with Gasteiger partial charge in [0.15, 0.2) is 6.29 Å². The van der Waals surface area contributed by atoms with Crippen LogP contribution in [0.4, 0.5) is 10.5 Å². The van der Waals surface area contributed by atoms with E-state index >= 15 is 0 Å². The Labute approximate surface area is 219 Å². The number of rotatable bonds is 10. The summed E-state index contributed by atoms with van der Waals surface area (Å²) in [6, 6.07) is 15.7. The molecule has 0 saturated carbocycles. The Morgan fingerprint density at radius 1 is 1.22 bits per heavy atom. The van der Waals surface area contributed by atoms with Crippen LogP contribution >= 0.6 is 0 Å². The fourth-order valence-corrected chi connectivity index (χ4v) is 5.13. The van der Waals surface area contributed by atoms with Gasteiger partial charge in [0.25, 0.3) is 0 Å². The lowest BCUT2D eigenvalue weighted by molar-refractivity contribution is -0.276. The third-order valence-electron chi connectivity index (χ3n) is 7.13. The highest BCUT2D eigenvalue weighted by Crippen LogP contribution is 2.42. The number of hydrogen-bond donors (Lipinski definition) is 2. The summed E-state index contributed by atoms with van der Waals surface area (Å²) in [5.41, 5.74) is 3.31. The van der Waals surface area contributed by atoms with Gasteiger partial charge in [-0.1, -0.05) is 56.0 Å². The van der Waals surface area contributed by atoms with Gasteiger partial charge in [-0.05, 0) is 42.6 Å². The zero-order valence-electron chi connectivity index (χ0n) is 21.7. The number of anilines is 1. The van der Waals surface area contributed by atoms with Gasteiger partial charge in [0.05, 0.1) is 25.4 Å². The number of aliphatic hydroxyl groups is 1. The summed E-state index contributed by atoms with van der Waals surface area (Å²) >= 11 is 0. The lowest BCUT2D eigenvalue weighted by Crippen LogP contribution is -2.46. The third-order valence-corrected chi connectivity index (χ3v) is 7.13. The largest absolute Gasteiger partial charge is 0.445 e. The minimum Gasteiger partial charge on any atom is -0.445 e. The molecule has 0 aliphatic carbocycles. The van der Waals surface area contributed by atoms with E-state index in [-0.39, 0.29) is 31.3 Å². The molecular formula is C29H38N2O6. The maximum atomic E-state index is 12.0. The third kappa shape index (κ3) is 6.97. The molecule has 0 radical (unpaired) electrons. The Bertz CT molecular complexity index is 1030. The van der Waals surface area contributed by atoms with Crippen molar-refractivity contribution in [3.8, 4) is 0 Å². The van der Waals surface area contributed by atoms with Crippen LogP contribution in [0.2, 0.25) is 0 Å². The number of ether oxygens (including phenoxy) is 4. The SMILES string of the molecule is C=CCOC(=O)Nc1cccc([C@H]2O[C@@H](CN3CCC[C@H]3COC)[C@@H](C)[C@@H](c3ccc(CO)cc3)O2)c1. The van der Waals surface area contributed by atoms with E-state index in [2.05, 4.69) is 23.7 Å². The second-order valence-electron chi connectivity index (χ2n) is 9.71. The number of nitrogens with one attached hydrogen (secondary N) is 1. The zero-order chi connectivity index (χ0) is 26.2. The van der Waals surface area contributed by atoms with Crippen molar-refractivity contribution in [2.24, 2.45) is 5.92 Å². The molecule has 8 nitrogen and oxygen atoms in total. The standard InChI is InChI=1S/C29H38N2O6/c1-4-15-35-29(33)30-24-8-5-7-23(16-24)28-36-26(17-31-14-6-9-25(31)19-34-3)20(2)27(37-28)22-12-10-21(18-32)11-13-22/h4-5,7-8,10-13,16,20,25-28,32H,1,6,9,14-15,17-19H2,2-3H3,(H,30,33)/t20-,25+,26+,27+,28+/m1/s1. The second kappa shape index (κ2) is 13.2. The Balaban J connectivity index is 1.57. The number of methoxy groups -OCH3 is 1. The maximum absolute atomic E-state index is 12.0. The van der Waals surface area contributed by atoms with Crippen molar-refractivity contribution >= 4 is 11.8 Å². The predicted octanol–water partition coefficient (Wildman–Crippen LogP) is 4.82. The first-order valence-corrected chi connectivity index (χ1v) is 12.9. The topological polar surface area (TPSA) is 89.5 Å². The van der Waals surface area contributed by atoms with Gasteiger partial charge < -0.3 is 24.1 Å². The van der Waals surface area contributed by atoms with Crippen molar-refractivity contribution in [1.29, 1.82) is 0 Å². The van der Waals surface area contributed by atoms with Crippen molar-refractivity contribution in [2.75, 3.05) is 38.7 Å². The van der Waals surface area contributed by atoms with Gasteiger partial charge in [0.2, 0.25) is 0 Å². The Hall–Kier alpha value is -2.75. The van der Waals surface area contributed by atoms with Crippen LogP contribution in [-0.4, -0.2) is 61.7 Å². The minimum absolute atomic E-state index is 0.000588. The van der Waals surface area contributed by atoms with E-state index in [0.717, 1.165) is 42.6 Å². The molecule has 2 aliphatic heterocycles. The average molecular weight is 511 g/mol. The molecule has 0 bridgehead atoms. The zero-order valence-corrected chi connectivity index (χ0v) is 21.7. The number of nitrogens with zero attached hydrogens (tertiary/aromatic N) is 1. The number of carbonyl (C=O) groups is 1. The first-order chi connectivity index (χ1) is 18.0. The van der Waals surface area contributed by atoms with Gasteiger partial charge in [-0.15, -0.1) is 0 Å². The van der Waals surface area contributed by atoms with Gasteiger partial charge in [-0.25, -0.2) is 4.79 Å². The molecule has 2 saturated heterocycles. The van der Waals surface area contributed by atoms with E-state index in [9.17, 15) is 9.90 Å². The van der Waals surface area contributed by atoms with E-state index in [1.165, 1.54) is 6.08 Å². The van der Waals surface area contributed by atoms with Crippen LogP contribution in [0, 0.1) is 5.92 Å². The number of benzene rings is 2.